The van der Waals surface area contributed by atoms with Gasteiger partial charge in [-0.05, 0) is 46.8 Å². The number of hydrogen-bond donors (Lipinski definition) is 3. The van der Waals surface area contributed by atoms with Gasteiger partial charge in [-0.1, -0.05) is 0 Å². The SMILES string of the molecule is NC(N)=NC(N)=NCC1CCC(C[PH3+])CC1. The molecule has 0 heterocycles. The molecular formula is C10H23N5P+. The van der Waals surface area contributed by atoms with E-state index in [9.17, 15) is 0 Å². The molecule has 0 bridgehead atoms. The van der Waals surface area contributed by atoms with Gasteiger partial charge >= 0.3 is 0 Å². The van der Waals surface area contributed by atoms with E-state index in [1.807, 2.05) is 0 Å². The molecule has 92 valence electrons. The molecule has 1 rings (SSSR count). The van der Waals surface area contributed by atoms with Gasteiger partial charge in [0.15, 0.2) is 5.96 Å². The summed E-state index contributed by atoms with van der Waals surface area (Å²) in [5.74, 6) is 1.74. The van der Waals surface area contributed by atoms with Crippen LogP contribution in [0.2, 0.25) is 0 Å². The standard InChI is InChI=1S/C10H22N5P/c11-9(12)15-10(13)14-5-7-1-3-8(6-16)4-2-7/h7-8H,1-6,16H2,(H6,11,12,13,14,15)/p+1. The molecule has 1 aliphatic carbocycles. The van der Waals surface area contributed by atoms with Gasteiger partial charge in [-0.15, -0.1) is 0 Å². The third-order valence-electron chi connectivity index (χ3n) is 3.13. The zero-order chi connectivity index (χ0) is 12.0. The molecule has 0 amide bonds. The molecule has 1 aliphatic rings. The lowest BCUT2D eigenvalue weighted by atomic mass is 9.83. The Morgan fingerprint density at radius 1 is 1.06 bits per heavy atom. The Balaban J connectivity index is 2.31. The van der Waals surface area contributed by atoms with Crippen LogP contribution < -0.4 is 17.2 Å². The minimum atomic E-state index is -0.0306. The molecule has 0 aromatic carbocycles. The van der Waals surface area contributed by atoms with Crippen LogP contribution in [-0.4, -0.2) is 24.6 Å². The van der Waals surface area contributed by atoms with E-state index in [-0.39, 0.29) is 11.9 Å². The van der Waals surface area contributed by atoms with Crippen molar-refractivity contribution in [3.8, 4) is 0 Å². The van der Waals surface area contributed by atoms with E-state index >= 15 is 0 Å². The zero-order valence-electron chi connectivity index (χ0n) is 9.73. The Kier molecular flexibility index (Phi) is 5.53. The van der Waals surface area contributed by atoms with Crippen molar-refractivity contribution in [2.75, 3.05) is 12.7 Å². The van der Waals surface area contributed by atoms with Crippen LogP contribution in [0.1, 0.15) is 25.7 Å². The molecule has 0 saturated heterocycles. The number of hydrogen-bond acceptors (Lipinski definition) is 1. The summed E-state index contributed by atoms with van der Waals surface area (Å²) in [7, 11) is 2.08. The molecule has 0 radical (unpaired) electrons. The highest BCUT2D eigenvalue weighted by molar-refractivity contribution is 7.16. The van der Waals surface area contributed by atoms with Crippen LogP contribution in [0.4, 0.5) is 0 Å². The van der Waals surface area contributed by atoms with Crippen molar-refractivity contribution < 1.29 is 0 Å². The lowest BCUT2D eigenvalue weighted by Gasteiger charge is -2.25. The topological polar surface area (TPSA) is 103 Å². The minimum Gasteiger partial charge on any atom is -0.370 e. The fraction of sp³-hybridized carbons (Fsp3) is 0.800. The predicted molar refractivity (Wildman–Crippen MR) is 73.7 cm³/mol. The summed E-state index contributed by atoms with van der Waals surface area (Å²) in [5, 5.41) is 0. The van der Waals surface area contributed by atoms with Crippen molar-refractivity contribution >= 4 is 21.2 Å². The van der Waals surface area contributed by atoms with Gasteiger partial charge in [-0.25, -0.2) is 0 Å². The monoisotopic (exact) mass is 244 g/mol. The molecule has 5 nitrogen and oxygen atoms in total. The van der Waals surface area contributed by atoms with Gasteiger partial charge in [0.25, 0.3) is 0 Å². The van der Waals surface area contributed by atoms with Crippen LogP contribution in [0.5, 0.6) is 0 Å². The fourth-order valence-electron chi connectivity index (χ4n) is 2.09. The molecule has 1 unspecified atom stereocenters. The molecular weight excluding hydrogens is 221 g/mol. The zero-order valence-corrected chi connectivity index (χ0v) is 11.1. The highest BCUT2D eigenvalue weighted by Crippen LogP contribution is 2.29. The van der Waals surface area contributed by atoms with E-state index in [2.05, 4.69) is 19.2 Å². The highest BCUT2D eigenvalue weighted by Gasteiger charge is 2.20. The Labute approximate surface area is 99.2 Å². The predicted octanol–water partition coefficient (Wildman–Crippen LogP) is -0.0117. The summed E-state index contributed by atoms with van der Waals surface area (Å²) in [6, 6.07) is 0. The van der Waals surface area contributed by atoms with E-state index in [1.54, 1.807) is 0 Å². The Morgan fingerprint density at radius 2 is 1.62 bits per heavy atom. The number of aliphatic imine (C=N–C) groups is 2. The third kappa shape index (κ3) is 4.79. The summed E-state index contributed by atoms with van der Waals surface area (Å²) in [6.45, 7) is 0.751. The van der Waals surface area contributed by atoms with Crippen LogP contribution >= 0.6 is 9.24 Å². The van der Waals surface area contributed by atoms with E-state index in [0.29, 0.717) is 5.92 Å². The second-order valence-electron chi connectivity index (χ2n) is 4.41. The Bertz CT molecular complexity index is 264. The lowest BCUT2D eigenvalue weighted by molar-refractivity contribution is 0.300. The van der Waals surface area contributed by atoms with Gasteiger partial charge < -0.3 is 17.2 Å². The van der Waals surface area contributed by atoms with Crippen molar-refractivity contribution in [2.24, 2.45) is 39.0 Å². The average molecular weight is 244 g/mol. The van der Waals surface area contributed by atoms with Crippen LogP contribution in [0, 0.1) is 11.8 Å². The summed E-state index contributed by atoms with van der Waals surface area (Å²) in [4.78, 5) is 7.88. The molecule has 6 heteroatoms. The maximum Gasteiger partial charge on any atom is 0.218 e. The summed E-state index contributed by atoms with van der Waals surface area (Å²) >= 11 is 0. The van der Waals surface area contributed by atoms with Crippen molar-refractivity contribution in [3.05, 3.63) is 0 Å². The maximum absolute atomic E-state index is 5.55. The van der Waals surface area contributed by atoms with E-state index in [1.165, 1.54) is 31.8 Å². The smallest absolute Gasteiger partial charge is 0.218 e. The number of guanidine groups is 2. The molecule has 1 saturated carbocycles. The number of nitrogens with zero attached hydrogens (tertiary/aromatic N) is 2. The van der Waals surface area contributed by atoms with E-state index < -0.39 is 0 Å². The van der Waals surface area contributed by atoms with Crippen molar-refractivity contribution in [1.82, 2.24) is 0 Å². The molecule has 16 heavy (non-hydrogen) atoms. The number of rotatable bonds is 3. The van der Waals surface area contributed by atoms with Crippen molar-refractivity contribution in [2.45, 2.75) is 25.7 Å². The van der Waals surface area contributed by atoms with Gasteiger partial charge in [-0.2, -0.15) is 4.99 Å². The van der Waals surface area contributed by atoms with Crippen LogP contribution in [0.15, 0.2) is 9.98 Å². The Hall–Kier alpha value is -0.830. The quantitative estimate of drug-likeness (QED) is 0.369. The highest BCUT2D eigenvalue weighted by atomic mass is 31.0. The first-order valence-corrected chi connectivity index (χ1v) is 6.80. The van der Waals surface area contributed by atoms with Crippen molar-refractivity contribution in [1.29, 1.82) is 0 Å². The van der Waals surface area contributed by atoms with E-state index in [4.69, 9.17) is 17.2 Å². The first-order chi connectivity index (χ1) is 7.61. The average Bonchev–Trinajstić information content (AvgIpc) is 2.26. The molecule has 0 spiro atoms. The maximum atomic E-state index is 5.55. The molecule has 0 aromatic heterocycles. The molecule has 6 N–H and O–H groups in total. The van der Waals surface area contributed by atoms with E-state index in [0.717, 1.165) is 12.5 Å². The van der Waals surface area contributed by atoms with Crippen LogP contribution in [-0.2, 0) is 0 Å². The summed E-state index contributed by atoms with van der Waals surface area (Å²) in [6.07, 6.45) is 6.48. The largest absolute Gasteiger partial charge is 0.370 e. The first-order valence-electron chi connectivity index (χ1n) is 5.80. The second-order valence-corrected chi connectivity index (χ2v) is 4.99. The first kappa shape index (κ1) is 13.2. The number of nitrogens with two attached hydrogens (primary N) is 3. The van der Waals surface area contributed by atoms with Gasteiger partial charge in [0.1, 0.15) is 0 Å². The van der Waals surface area contributed by atoms with Gasteiger partial charge in [0.2, 0.25) is 5.96 Å². The van der Waals surface area contributed by atoms with Crippen LogP contribution in [0.3, 0.4) is 0 Å². The molecule has 0 aliphatic heterocycles. The third-order valence-corrected chi connectivity index (χ3v) is 3.95. The van der Waals surface area contributed by atoms with Crippen molar-refractivity contribution in [3.63, 3.8) is 0 Å². The lowest BCUT2D eigenvalue weighted by Crippen LogP contribution is -2.27. The van der Waals surface area contributed by atoms with Gasteiger partial charge in [0, 0.05) is 6.54 Å². The molecule has 0 aromatic rings. The molecule has 1 fully saturated rings. The molecule has 1 atom stereocenters. The normalized spacial score (nSPS) is 26.6. The fourth-order valence-corrected chi connectivity index (χ4v) is 2.67. The summed E-state index contributed by atoms with van der Waals surface area (Å²) < 4.78 is 0. The van der Waals surface area contributed by atoms with Gasteiger partial charge in [-0.3, -0.25) is 4.99 Å². The van der Waals surface area contributed by atoms with Gasteiger partial charge in [0.05, 0.1) is 6.16 Å². The Morgan fingerprint density at radius 3 is 2.12 bits per heavy atom. The second kappa shape index (κ2) is 6.69. The van der Waals surface area contributed by atoms with Crippen LogP contribution in [0.25, 0.3) is 0 Å². The minimum absolute atomic E-state index is 0.0306. The summed E-state index contributed by atoms with van der Waals surface area (Å²) in [5.41, 5.74) is 16.0.